The Morgan fingerprint density at radius 1 is 1.15 bits per heavy atom. The van der Waals surface area contributed by atoms with Gasteiger partial charge in [0.2, 0.25) is 5.91 Å². The lowest BCUT2D eigenvalue weighted by Gasteiger charge is -2.44. The van der Waals surface area contributed by atoms with Gasteiger partial charge in [-0.25, -0.2) is 4.39 Å². The zero-order valence-corrected chi connectivity index (χ0v) is 18.6. The maximum Gasteiger partial charge on any atom is 0.253 e. The predicted molar refractivity (Wildman–Crippen MR) is 123 cm³/mol. The number of nitrogens with zero attached hydrogens (tertiary/aromatic N) is 1. The van der Waals surface area contributed by atoms with Gasteiger partial charge in [0.15, 0.2) is 0 Å². The van der Waals surface area contributed by atoms with E-state index >= 15 is 0 Å². The van der Waals surface area contributed by atoms with Crippen LogP contribution in [0.4, 0.5) is 4.39 Å². The van der Waals surface area contributed by atoms with Crippen molar-refractivity contribution in [2.75, 3.05) is 19.7 Å². The summed E-state index contributed by atoms with van der Waals surface area (Å²) in [6, 6.07) is 13.9. The van der Waals surface area contributed by atoms with Gasteiger partial charge in [0.05, 0.1) is 18.8 Å². The number of likely N-dealkylation sites (tertiary alicyclic amines) is 1. The van der Waals surface area contributed by atoms with Gasteiger partial charge >= 0.3 is 0 Å². The molecule has 172 valence electrons. The third-order valence-electron chi connectivity index (χ3n) is 7.33. The van der Waals surface area contributed by atoms with E-state index in [1.807, 2.05) is 12.1 Å². The van der Waals surface area contributed by atoms with Gasteiger partial charge in [0, 0.05) is 30.0 Å². The molecule has 1 aliphatic heterocycles. The number of carbonyl (C=O) groups excluding carboxylic acids is 2. The molecule has 0 radical (unpaired) electrons. The van der Waals surface area contributed by atoms with Crippen molar-refractivity contribution < 1.29 is 18.7 Å². The normalized spacial score (nSPS) is 23.2. The van der Waals surface area contributed by atoms with E-state index in [4.69, 9.17) is 4.74 Å². The molecule has 1 saturated heterocycles. The molecule has 5 rings (SSSR count). The van der Waals surface area contributed by atoms with Crippen LogP contribution < -0.4 is 5.32 Å². The number of piperidine rings is 1. The first-order valence-electron chi connectivity index (χ1n) is 11.7. The number of hydrogen-bond donors (Lipinski definition) is 1. The van der Waals surface area contributed by atoms with Crippen LogP contribution in [-0.4, -0.2) is 42.5 Å². The first-order chi connectivity index (χ1) is 16.0. The van der Waals surface area contributed by atoms with Crippen LogP contribution >= 0.6 is 0 Å². The molecule has 1 saturated carbocycles. The molecule has 2 amide bonds. The van der Waals surface area contributed by atoms with Crippen LogP contribution in [0.3, 0.4) is 0 Å². The molecule has 2 aliphatic carbocycles. The average Bonchev–Trinajstić information content (AvgIpc) is 3.66. The summed E-state index contributed by atoms with van der Waals surface area (Å²) >= 11 is 0. The minimum absolute atomic E-state index is 0.0952. The van der Waals surface area contributed by atoms with Crippen LogP contribution in [0.25, 0.3) is 0 Å². The van der Waals surface area contributed by atoms with Gasteiger partial charge in [-0.15, -0.1) is 6.58 Å². The van der Waals surface area contributed by atoms with Gasteiger partial charge in [-0.3, -0.25) is 9.59 Å². The SMILES string of the molecule is C=CCO[C@H]1[C@H](NC(=O)C2CC2)c2ccccc2C12CCN(C(=O)c1cccc(F)c1)CC2. The number of nitrogens with one attached hydrogen (secondary N) is 1. The Bertz CT molecular complexity index is 1070. The number of halogens is 1. The summed E-state index contributed by atoms with van der Waals surface area (Å²) in [6.07, 6.45) is 4.81. The maximum atomic E-state index is 13.6. The van der Waals surface area contributed by atoms with Gasteiger partial charge in [-0.05, 0) is 55.0 Å². The number of rotatable bonds is 6. The van der Waals surface area contributed by atoms with Crippen molar-refractivity contribution in [3.8, 4) is 0 Å². The lowest BCUT2D eigenvalue weighted by molar-refractivity contribution is -0.125. The number of benzene rings is 2. The molecule has 6 heteroatoms. The van der Waals surface area contributed by atoms with Gasteiger partial charge in [0.25, 0.3) is 5.91 Å². The standard InChI is InChI=1S/C27H29FN2O3/c1-2-16-33-24-23(29-25(31)18-10-11-18)21-8-3-4-9-22(21)27(24)12-14-30(15-13-27)26(32)19-6-5-7-20(28)17-19/h2-9,17-18,23-24H,1,10-16H2,(H,29,31)/t23-,24+/m1/s1. The van der Waals surface area contributed by atoms with Gasteiger partial charge in [-0.2, -0.15) is 0 Å². The molecule has 0 unspecified atom stereocenters. The van der Waals surface area contributed by atoms with Crippen molar-refractivity contribution in [3.05, 3.63) is 83.7 Å². The number of hydrogen-bond acceptors (Lipinski definition) is 3. The molecule has 2 aromatic carbocycles. The molecule has 2 atom stereocenters. The maximum absolute atomic E-state index is 13.6. The topological polar surface area (TPSA) is 58.6 Å². The summed E-state index contributed by atoms with van der Waals surface area (Å²) in [5.41, 5.74) is 2.36. The number of carbonyl (C=O) groups is 2. The second-order valence-corrected chi connectivity index (χ2v) is 9.35. The molecule has 0 aromatic heterocycles. The van der Waals surface area contributed by atoms with Crippen molar-refractivity contribution in [2.24, 2.45) is 5.92 Å². The Morgan fingerprint density at radius 3 is 2.61 bits per heavy atom. The molecule has 1 N–H and O–H groups in total. The van der Waals surface area contributed by atoms with E-state index in [0.717, 1.165) is 18.4 Å². The zero-order chi connectivity index (χ0) is 23.0. The average molecular weight is 449 g/mol. The minimum Gasteiger partial charge on any atom is -0.371 e. The lowest BCUT2D eigenvalue weighted by Crippen LogP contribution is -2.52. The van der Waals surface area contributed by atoms with E-state index < -0.39 is 5.82 Å². The molecular formula is C27H29FN2O3. The van der Waals surface area contributed by atoms with Crippen molar-refractivity contribution in [1.29, 1.82) is 0 Å². The third kappa shape index (κ3) is 3.97. The molecule has 2 aromatic rings. The molecule has 1 heterocycles. The van der Waals surface area contributed by atoms with E-state index in [9.17, 15) is 14.0 Å². The monoisotopic (exact) mass is 448 g/mol. The summed E-state index contributed by atoms with van der Waals surface area (Å²) in [4.78, 5) is 27.5. The number of ether oxygens (including phenoxy) is 1. The Kier molecular flexibility index (Phi) is 5.79. The summed E-state index contributed by atoms with van der Waals surface area (Å²) in [5, 5.41) is 3.27. The first kappa shape index (κ1) is 21.8. The van der Waals surface area contributed by atoms with E-state index in [1.165, 1.54) is 17.7 Å². The highest BCUT2D eigenvalue weighted by Crippen LogP contribution is 2.52. The van der Waals surface area contributed by atoms with Crippen molar-refractivity contribution in [1.82, 2.24) is 10.2 Å². The lowest BCUT2D eigenvalue weighted by atomic mass is 9.71. The van der Waals surface area contributed by atoms with Gasteiger partial charge in [0.1, 0.15) is 5.82 Å². The molecular weight excluding hydrogens is 419 g/mol. The largest absolute Gasteiger partial charge is 0.371 e. The molecule has 3 aliphatic rings. The molecule has 5 nitrogen and oxygen atoms in total. The fourth-order valence-corrected chi connectivity index (χ4v) is 5.52. The van der Waals surface area contributed by atoms with Crippen LogP contribution in [-0.2, 0) is 14.9 Å². The zero-order valence-electron chi connectivity index (χ0n) is 18.6. The van der Waals surface area contributed by atoms with Crippen molar-refractivity contribution in [3.63, 3.8) is 0 Å². The molecule has 1 spiro atoms. The fourth-order valence-electron chi connectivity index (χ4n) is 5.52. The summed E-state index contributed by atoms with van der Waals surface area (Å²) < 4.78 is 20.0. The summed E-state index contributed by atoms with van der Waals surface area (Å²) in [5.74, 6) is -0.360. The van der Waals surface area contributed by atoms with Gasteiger partial charge in [-0.1, -0.05) is 36.4 Å². The highest BCUT2D eigenvalue weighted by Gasteiger charge is 2.55. The minimum atomic E-state index is -0.411. The molecule has 0 bridgehead atoms. The van der Waals surface area contributed by atoms with Crippen molar-refractivity contribution >= 4 is 11.8 Å². The van der Waals surface area contributed by atoms with E-state index in [0.29, 0.717) is 38.1 Å². The Labute approximate surface area is 193 Å². The van der Waals surface area contributed by atoms with Gasteiger partial charge < -0.3 is 15.0 Å². The highest BCUT2D eigenvalue weighted by molar-refractivity contribution is 5.94. The summed E-state index contributed by atoms with van der Waals surface area (Å²) in [6.45, 7) is 5.28. The smallest absolute Gasteiger partial charge is 0.253 e. The first-order valence-corrected chi connectivity index (χ1v) is 11.7. The highest BCUT2D eigenvalue weighted by atomic mass is 19.1. The van der Waals surface area contributed by atoms with Crippen LogP contribution in [0.1, 0.15) is 53.2 Å². The van der Waals surface area contributed by atoms with E-state index in [2.05, 4.69) is 24.0 Å². The fraction of sp³-hybridized carbons (Fsp3) is 0.407. The van der Waals surface area contributed by atoms with Crippen molar-refractivity contribution in [2.45, 2.75) is 43.2 Å². The van der Waals surface area contributed by atoms with Crippen LogP contribution in [0.15, 0.2) is 61.2 Å². The Balaban J connectivity index is 1.42. The Morgan fingerprint density at radius 2 is 1.91 bits per heavy atom. The van der Waals surface area contributed by atoms with E-state index in [-0.39, 0.29) is 35.3 Å². The molecule has 2 fully saturated rings. The number of amides is 2. The Hall–Kier alpha value is -2.99. The van der Waals surface area contributed by atoms with Crippen LogP contribution in [0, 0.1) is 11.7 Å². The quantitative estimate of drug-likeness (QED) is 0.676. The van der Waals surface area contributed by atoms with E-state index in [1.54, 1.807) is 23.1 Å². The van der Waals surface area contributed by atoms with Crippen LogP contribution in [0.2, 0.25) is 0 Å². The summed E-state index contributed by atoms with van der Waals surface area (Å²) in [7, 11) is 0. The number of fused-ring (bicyclic) bond motifs is 2. The second kappa shape index (κ2) is 8.75. The third-order valence-corrected chi connectivity index (χ3v) is 7.33. The van der Waals surface area contributed by atoms with Crippen LogP contribution in [0.5, 0.6) is 0 Å². The molecule has 33 heavy (non-hydrogen) atoms. The second-order valence-electron chi connectivity index (χ2n) is 9.35. The predicted octanol–water partition coefficient (Wildman–Crippen LogP) is 4.15.